The number of ether oxygens (including phenoxy) is 1. The molecule has 0 aliphatic carbocycles. The lowest BCUT2D eigenvalue weighted by molar-refractivity contribution is -0.116. The molecule has 1 atom stereocenters. The van der Waals surface area contributed by atoms with Crippen LogP contribution in [-0.4, -0.2) is 13.0 Å². The Kier molecular flexibility index (Phi) is 4.77. The van der Waals surface area contributed by atoms with Crippen molar-refractivity contribution >= 4 is 11.6 Å². The van der Waals surface area contributed by atoms with E-state index in [4.69, 9.17) is 4.74 Å². The first-order valence-corrected chi connectivity index (χ1v) is 6.68. The predicted octanol–water partition coefficient (Wildman–Crippen LogP) is 3.83. The van der Waals surface area contributed by atoms with Crippen molar-refractivity contribution in [2.75, 3.05) is 12.4 Å². The van der Waals surface area contributed by atoms with Crippen LogP contribution in [0.5, 0.6) is 5.75 Å². The molecule has 0 fully saturated rings. The number of nitrogens with one attached hydrogen (secondary N) is 1. The summed E-state index contributed by atoms with van der Waals surface area (Å²) in [6, 6.07) is 17.5. The third kappa shape index (κ3) is 3.60. The number of hydrogen-bond donors (Lipinski definition) is 1. The first-order chi connectivity index (χ1) is 9.70. The second-order valence-corrected chi connectivity index (χ2v) is 4.76. The number of hydrogen-bond acceptors (Lipinski definition) is 2. The summed E-state index contributed by atoms with van der Waals surface area (Å²) in [7, 11) is 1.59. The number of rotatable bonds is 5. The van der Waals surface area contributed by atoms with E-state index in [1.54, 1.807) is 7.11 Å². The molecule has 0 aliphatic heterocycles. The predicted molar refractivity (Wildman–Crippen MR) is 81.1 cm³/mol. The highest BCUT2D eigenvalue weighted by atomic mass is 16.5. The zero-order valence-corrected chi connectivity index (χ0v) is 11.8. The average molecular weight is 269 g/mol. The zero-order chi connectivity index (χ0) is 14.4. The third-order valence-electron chi connectivity index (χ3n) is 3.24. The molecular weight excluding hydrogens is 250 g/mol. The van der Waals surface area contributed by atoms with Crippen molar-refractivity contribution in [2.45, 2.75) is 19.3 Å². The summed E-state index contributed by atoms with van der Waals surface area (Å²) in [5.74, 6) is 0.852. The summed E-state index contributed by atoms with van der Waals surface area (Å²) < 4.78 is 5.22. The fourth-order valence-corrected chi connectivity index (χ4v) is 2.13. The molecule has 2 rings (SSSR count). The Labute approximate surface area is 119 Å². The van der Waals surface area contributed by atoms with Crippen LogP contribution in [0, 0.1) is 0 Å². The fraction of sp³-hybridized carbons (Fsp3) is 0.235. The van der Waals surface area contributed by atoms with Crippen molar-refractivity contribution in [2.24, 2.45) is 0 Å². The molecule has 0 saturated carbocycles. The molecule has 3 nitrogen and oxygen atoms in total. The highest BCUT2D eigenvalue weighted by molar-refractivity contribution is 5.92. The first kappa shape index (κ1) is 14.1. The molecule has 2 aromatic carbocycles. The number of methoxy groups -OCH3 is 1. The van der Waals surface area contributed by atoms with Crippen LogP contribution in [0.4, 0.5) is 5.69 Å². The molecule has 0 spiro atoms. The Morgan fingerprint density at radius 2 is 1.75 bits per heavy atom. The lowest BCUT2D eigenvalue weighted by atomic mass is 9.97. The number of benzene rings is 2. The molecule has 0 heterocycles. The molecule has 0 radical (unpaired) electrons. The Morgan fingerprint density at radius 3 is 2.45 bits per heavy atom. The van der Waals surface area contributed by atoms with Gasteiger partial charge in [-0.1, -0.05) is 49.4 Å². The molecular formula is C17H19NO2. The monoisotopic (exact) mass is 269 g/mol. The molecule has 1 unspecified atom stereocenters. The molecule has 0 aliphatic rings. The number of carbonyl (C=O) groups is 1. The minimum atomic E-state index is -0.00847. The zero-order valence-electron chi connectivity index (χ0n) is 11.8. The summed E-state index contributed by atoms with van der Waals surface area (Å²) in [5, 5.41) is 2.90. The van der Waals surface area contributed by atoms with Crippen molar-refractivity contribution in [3.63, 3.8) is 0 Å². The van der Waals surface area contributed by atoms with Crippen LogP contribution < -0.4 is 10.1 Å². The van der Waals surface area contributed by atoms with Crippen LogP contribution >= 0.6 is 0 Å². The summed E-state index contributed by atoms with van der Waals surface area (Å²) in [5.41, 5.74) is 1.88. The van der Waals surface area contributed by atoms with Crippen molar-refractivity contribution in [1.82, 2.24) is 0 Å². The Hall–Kier alpha value is -2.29. The minimum absolute atomic E-state index is 0.00847. The molecule has 0 bridgehead atoms. The van der Waals surface area contributed by atoms with E-state index in [2.05, 4.69) is 12.2 Å². The smallest absolute Gasteiger partial charge is 0.225 e. The van der Waals surface area contributed by atoms with Gasteiger partial charge < -0.3 is 10.1 Å². The lowest BCUT2D eigenvalue weighted by Crippen LogP contribution is -2.14. The highest BCUT2D eigenvalue weighted by Crippen LogP contribution is 2.24. The Morgan fingerprint density at radius 1 is 1.10 bits per heavy atom. The molecule has 2 aromatic rings. The maximum Gasteiger partial charge on any atom is 0.225 e. The van der Waals surface area contributed by atoms with Gasteiger partial charge in [0.15, 0.2) is 0 Å². The van der Waals surface area contributed by atoms with E-state index in [1.807, 2.05) is 54.6 Å². The van der Waals surface area contributed by atoms with E-state index in [-0.39, 0.29) is 11.8 Å². The van der Waals surface area contributed by atoms with Gasteiger partial charge in [-0.3, -0.25) is 4.79 Å². The van der Waals surface area contributed by atoms with Crippen LogP contribution in [0.2, 0.25) is 0 Å². The minimum Gasteiger partial charge on any atom is -0.495 e. The second kappa shape index (κ2) is 6.75. The maximum absolute atomic E-state index is 12.1. The van der Waals surface area contributed by atoms with E-state index < -0.39 is 0 Å². The van der Waals surface area contributed by atoms with Crippen molar-refractivity contribution in [1.29, 1.82) is 0 Å². The maximum atomic E-state index is 12.1. The van der Waals surface area contributed by atoms with Gasteiger partial charge in [0.05, 0.1) is 12.8 Å². The molecule has 0 aromatic heterocycles. The number of amides is 1. The van der Waals surface area contributed by atoms with Gasteiger partial charge >= 0.3 is 0 Å². The van der Waals surface area contributed by atoms with E-state index in [9.17, 15) is 4.79 Å². The second-order valence-electron chi connectivity index (χ2n) is 4.76. The number of carbonyl (C=O) groups excluding carboxylic acids is 1. The summed E-state index contributed by atoms with van der Waals surface area (Å²) >= 11 is 0. The van der Waals surface area contributed by atoms with E-state index in [0.717, 1.165) is 0 Å². The molecule has 1 amide bonds. The van der Waals surface area contributed by atoms with Crippen molar-refractivity contribution in [3.8, 4) is 5.75 Å². The fourth-order valence-electron chi connectivity index (χ4n) is 2.13. The average Bonchev–Trinajstić information content (AvgIpc) is 2.48. The SMILES string of the molecule is COc1ccccc1NC(=O)CC(C)c1ccccc1. The lowest BCUT2D eigenvalue weighted by Gasteiger charge is -2.13. The highest BCUT2D eigenvalue weighted by Gasteiger charge is 2.12. The topological polar surface area (TPSA) is 38.3 Å². The van der Waals surface area contributed by atoms with Crippen LogP contribution in [0.1, 0.15) is 24.8 Å². The Bertz CT molecular complexity index is 566. The van der Waals surface area contributed by atoms with Crippen molar-refractivity contribution < 1.29 is 9.53 Å². The van der Waals surface area contributed by atoms with Gasteiger partial charge in [0.1, 0.15) is 5.75 Å². The van der Waals surface area contributed by atoms with Crippen molar-refractivity contribution in [3.05, 3.63) is 60.2 Å². The normalized spacial score (nSPS) is 11.7. The van der Waals surface area contributed by atoms with Crippen LogP contribution in [0.25, 0.3) is 0 Å². The van der Waals surface area contributed by atoms with E-state index >= 15 is 0 Å². The van der Waals surface area contributed by atoms with Crippen LogP contribution in [-0.2, 0) is 4.79 Å². The van der Waals surface area contributed by atoms with Gasteiger partial charge in [-0.25, -0.2) is 0 Å². The molecule has 0 saturated heterocycles. The Balaban J connectivity index is 1.99. The van der Waals surface area contributed by atoms with Gasteiger partial charge in [-0.15, -0.1) is 0 Å². The number of para-hydroxylation sites is 2. The van der Waals surface area contributed by atoms with Crippen LogP contribution in [0.15, 0.2) is 54.6 Å². The first-order valence-electron chi connectivity index (χ1n) is 6.68. The van der Waals surface area contributed by atoms with E-state index in [0.29, 0.717) is 17.9 Å². The standard InChI is InChI=1S/C17H19NO2/c1-13(14-8-4-3-5-9-14)12-17(19)18-15-10-6-7-11-16(15)20-2/h3-11,13H,12H2,1-2H3,(H,18,19). The molecule has 3 heteroatoms. The van der Waals surface area contributed by atoms with E-state index in [1.165, 1.54) is 5.56 Å². The van der Waals surface area contributed by atoms with Crippen LogP contribution in [0.3, 0.4) is 0 Å². The largest absolute Gasteiger partial charge is 0.495 e. The van der Waals surface area contributed by atoms with Gasteiger partial charge in [0.2, 0.25) is 5.91 Å². The quantitative estimate of drug-likeness (QED) is 0.896. The third-order valence-corrected chi connectivity index (χ3v) is 3.24. The molecule has 104 valence electrons. The summed E-state index contributed by atoms with van der Waals surface area (Å²) in [6.45, 7) is 2.05. The molecule has 20 heavy (non-hydrogen) atoms. The van der Waals surface area contributed by atoms with Gasteiger partial charge in [-0.2, -0.15) is 0 Å². The van der Waals surface area contributed by atoms with Gasteiger partial charge in [-0.05, 0) is 23.6 Å². The summed E-state index contributed by atoms with van der Waals surface area (Å²) in [4.78, 5) is 12.1. The molecule has 1 N–H and O–H groups in total. The van der Waals surface area contributed by atoms with Gasteiger partial charge in [0, 0.05) is 6.42 Å². The van der Waals surface area contributed by atoms with Gasteiger partial charge in [0.25, 0.3) is 0 Å². The number of anilines is 1. The summed E-state index contributed by atoms with van der Waals surface area (Å²) in [6.07, 6.45) is 0.446.